The van der Waals surface area contributed by atoms with E-state index in [1.165, 1.54) is 6.20 Å². The second kappa shape index (κ2) is 2.51. The van der Waals surface area contributed by atoms with E-state index in [1.807, 2.05) is 0 Å². The Morgan fingerprint density at radius 3 is 3.00 bits per heavy atom. The van der Waals surface area contributed by atoms with Crippen molar-refractivity contribution < 1.29 is 9.32 Å². The van der Waals surface area contributed by atoms with Gasteiger partial charge in [-0.3, -0.25) is 4.79 Å². The molecular weight excluding hydrogens is 132 g/mol. The van der Waals surface area contributed by atoms with Crippen LogP contribution in [0.25, 0.3) is 0 Å². The molecule has 0 saturated carbocycles. The predicted molar refractivity (Wildman–Crippen MR) is 34.1 cm³/mol. The Morgan fingerprint density at radius 2 is 2.60 bits per heavy atom. The van der Waals surface area contributed by atoms with E-state index in [2.05, 4.69) is 5.16 Å². The van der Waals surface area contributed by atoms with Crippen molar-refractivity contribution in [2.45, 2.75) is 12.8 Å². The summed E-state index contributed by atoms with van der Waals surface area (Å²) in [5.41, 5.74) is 5.00. The third kappa shape index (κ3) is 1.15. The Bertz CT molecular complexity index is 218. The van der Waals surface area contributed by atoms with Crippen molar-refractivity contribution in [3.05, 3.63) is 18.0 Å². The zero-order valence-electron chi connectivity index (χ0n) is 5.57. The first-order chi connectivity index (χ1) is 4.72. The van der Waals surface area contributed by atoms with E-state index in [4.69, 9.17) is 10.3 Å². The number of rotatable bonds is 2. The van der Waals surface area contributed by atoms with E-state index in [-0.39, 0.29) is 5.92 Å². The molecule has 0 aromatic carbocycles. The summed E-state index contributed by atoms with van der Waals surface area (Å²) in [6, 6.07) is 1.62. The van der Waals surface area contributed by atoms with Crippen molar-refractivity contribution in [2.24, 2.45) is 5.73 Å². The summed E-state index contributed by atoms with van der Waals surface area (Å²) in [6.45, 7) is 1.67. The van der Waals surface area contributed by atoms with Gasteiger partial charge in [-0.05, 0) is 6.92 Å². The smallest absolute Gasteiger partial charge is 0.227 e. The second-order valence-corrected chi connectivity index (χ2v) is 2.04. The number of carbonyl (C=O) groups is 1. The standard InChI is InChI=1S/C6H8N2O2/c1-4(6(7)9)5-2-3-8-10-5/h2-4H,1H3,(H2,7,9). The molecule has 0 radical (unpaired) electrons. The van der Waals surface area contributed by atoms with Gasteiger partial charge in [0.2, 0.25) is 5.91 Å². The molecule has 1 heterocycles. The van der Waals surface area contributed by atoms with Crippen LogP contribution in [0.3, 0.4) is 0 Å². The number of aromatic nitrogens is 1. The topological polar surface area (TPSA) is 69.1 Å². The molecule has 1 unspecified atom stereocenters. The van der Waals surface area contributed by atoms with Crippen molar-refractivity contribution in [2.75, 3.05) is 0 Å². The quantitative estimate of drug-likeness (QED) is 0.640. The molecule has 0 saturated heterocycles. The highest BCUT2D eigenvalue weighted by Crippen LogP contribution is 2.11. The minimum Gasteiger partial charge on any atom is -0.369 e. The van der Waals surface area contributed by atoms with Gasteiger partial charge in [0.1, 0.15) is 5.76 Å². The fourth-order valence-electron chi connectivity index (χ4n) is 0.589. The first kappa shape index (κ1) is 6.80. The number of primary amides is 1. The van der Waals surface area contributed by atoms with Gasteiger partial charge in [0.15, 0.2) is 0 Å². The van der Waals surface area contributed by atoms with Crippen LogP contribution in [0.1, 0.15) is 18.6 Å². The van der Waals surface area contributed by atoms with Crippen molar-refractivity contribution in [3.8, 4) is 0 Å². The zero-order valence-corrected chi connectivity index (χ0v) is 5.57. The van der Waals surface area contributed by atoms with Crippen molar-refractivity contribution >= 4 is 5.91 Å². The lowest BCUT2D eigenvalue weighted by Crippen LogP contribution is -2.18. The predicted octanol–water partition coefficient (Wildman–Crippen LogP) is 0.263. The molecule has 1 aromatic rings. The highest BCUT2D eigenvalue weighted by molar-refractivity contribution is 5.80. The lowest BCUT2D eigenvalue weighted by Gasteiger charge is -1.98. The van der Waals surface area contributed by atoms with Crippen LogP contribution < -0.4 is 5.73 Å². The van der Waals surface area contributed by atoms with Gasteiger partial charge < -0.3 is 10.3 Å². The monoisotopic (exact) mass is 140 g/mol. The Labute approximate surface area is 58.0 Å². The largest absolute Gasteiger partial charge is 0.369 e. The molecule has 4 heteroatoms. The van der Waals surface area contributed by atoms with Crippen molar-refractivity contribution in [3.63, 3.8) is 0 Å². The summed E-state index contributed by atoms with van der Waals surface area (Å²) < 4.78 is 4.71. The lowest BCUT2D eigenvalue weighted by molar-refractivity contribution is -0.119. The van der Waals surface area contributed by atoms with Crippen LogP contribution in [-0.2, 0) is 4.79 Å². The molecule has 1 rings (SSSR count). The summed E-state index contributed by atoms with van der Waals surface area (Å²) in [6.07, 6.45) is 1.48. The molecule has 1 amide bonds. The van der Waals surface area contributed by atoms with Gasteiger partial charge in [0.25, 0.3) is 0 Å². The summed E-state index contributed by atoms with van der Waals surface area (Å²) in [5.74, 6) is -0.285. The molecule has 0 fully saturated rings. The molecule has 0 spiro atoms. The van der Waals surface area contributed by atoms with E-state index >= 15 is 0 Å². The fourth-order valence-corrected chi connectivity index (χ4v) is 0.589. The molecule has 54 valence electrons. The number of amides is 1. The molecule has 10 heavy (non-hydrogen) atoms. The summed E-state index contributed by atoms with van der Waals surface area (Å²) in [4.78, 5) is 10.5. The van der Waals surface area contributed by atoms with Gasteiger partial charge in [-0.25, -0.2) is 0 Å². The van der Waals surface area contributed by atoms with E-state index in [9.17, 15) is 4.79 Å². The fraction of sp³-hybridized carbons (Fsp3) is 0.333. The van der Waals surface area contributed by atoms with Gasteiger partial charge in [-0.1, -0.05) is 5.16 Å². The molecule has 0 aliphatic carbocycles. The first-order valence-corrected chi connectivity index (χ1v) is 2.91. The van der Waals surface area contributed by atoms with Crippen LogP contribution in [0.4, 0.5) is 0 Å². The molecule has 1 aromatic heterocycles. The summed E-state index contributed by atoms with van der Waals surface area (Å²) in [7, 11) is 0. The first-order valence-electron chi connectivity index (χ1n) is 2.91. The Kier molecular flexibility index (Phi) is 1.71. The average Bonchev–Trinajstić information content (AvgIpc) is 2.36. The highest BCUT2D eigenvalue weighted by Gasteiger charge is 2.14. The van der Waals surface area contributed by atoms with Gasteiger partial charge in [0, 0.05) is 6.07 Å². The van der Waals surface area contributed by atoms with E-state index in [0.29, 0.717) is 5.76 Å². The Balaban J connectivity index is 2.77. The van der Waals surface area contributed by atoms with Crippen LogP contribution in [0.5, 0.6) is 0 Å². The van der Waals surface area contributed by atoms with E-state index in [0.717, 1.165) is 0 Å². The SMILES string of the molecule is CC(C(N)=O)c1ccno1. The van der Waals surface area contributed by atoms with Crippen LogP contribution >= 0.6 is 0 Å². The maximum atomic E-state index is 10.5. The third-order valence-corrected chi connectivity index (χ3v) is 1.31. The molecule has 0 bridgehead atoms. The molecule has 2 N–H and O–H groups in total. The Morgan fingerprint density at radius 1 is 1.90 bits per heavy atom. The van der Waals surface area contributed by atoms with Crippen LogP contribution in [0.15, 0.2) is 16.8 Å². The normalized spacial score (nSPS) is 12.9. The average molecular weight is 140 g/mol. The zero-order chi connectivity index (χ0) is 7.56. The summed E-state index contributed by atoms with van der Waals surface area (Å²) in [5, 5.41) is 3.44. The highest BCUT2D eigenvalue weighted by atomic mass is 16.5. The number of hydrogen-bond acceptors (Lipinski definition) is 3. The van der Waals surface area contributed by atoms with E-state index in [1.54, 1.807) is 13.0 Å². The summed E-state index contributed by atoms with van der Waals surface area (Å²) >= 11 is 0. The molecular formula is C6H8N2O2. The van der Waals surface area contributed by atoms with Crippen molar-refractivity contribution in [1.82, 2.24) is 5.16 Å². The number of nitrogens with two attached hydrogens (primary N) is 1. The van der Waals surface area contributed by atoms with Gasteiger partial charge in [0.05, 0.1) is 12.1 Å². The minimum absolute atomic E-state index is 0.387. The molecule has 0 aliphatic rings. The Hall–Kier alpha value is -1.32. The molecule has 4 nitrogen and oxygen atoms in total. The maximum Gasteiger partial charge on any atom is 0.227 e. The molecule has 0 aliphatic heterocycles. The third-order valence-electron chi connectivity index (χ3n) is 1.31. The van der Waals surface area contributed by atoms with Crippen LogP contribution in [-0.4, -0.2) is 11.1 Å². The minimum atomic E-state index is -0.406. The number of nitrogens with zero attached hydrogens (tertiary/aromatic N) is 1. The van der Waals surface area contributed by atoms with Gasteiger partial charge >= 0.3 is 0 Å². The van der Waals surface area contributed by atoms with Gasteiger partial charge in [-0.15, -0.1) is 0 Å². The van der Waals surface area contributed by atoms with Crippen molar-refractivity contribution in [1.29, 1.82) is 0 Å². The number of hydrogen-bond donors (Lipinski definition) is 1. The van der Waals surface area contributed by atoms with E-state index < -0.39 is 5.91 Å². The lowest BCUT2D eigenvalue weighted by atomic mass is 10.1. The van der Waals surface area contributed by atoms with Gasteiger partial charge in [-0.2, -0.15) is 0 Å². The number of carbonyl (C=O) groups excluding carboxylic acids is 1. The second-order valence-electron chi connectivity index (χ2n) is 2.04. The van der Waals surface area contributed by atoms with Crippen LogP contribution in [0.2, 0.25) is 0 Å². The molecule has 1 atom stereocenters. The van der Waals surface area contributed by atoms with Crippen LogP contribution in [0, 0.1) is 0 Å². The maximum absolute atomic E-state index is 10.5.